The number of aliphatic hydroxyl groups excluding tert-OH is 2. The van der Waals surface area contributed by atoms with Gasteiger partial charge in [-0.2, -0.15) is 0 Å². The summed E-state index contributed by atoms with van der Waals surface area (Å²) in [6.07, 6.45) is 47.7. The highest BCUT2D eigenvalue weighted by Crippen LogP contribution is 2.16. The van der Waals surface area contributed by atoms with Crippen LogP contribution in [-0.4, -0.2) is 23.4 Å². The van der Waals surface area contributed by atoms with Crippen LogP contribution in [0.1, 0.15) is 242 Å². The van der Waals surface area contributed by atoms with E-state index in [-0.39, 0.29) is 0 Å². The molecule has 0 aliphatic rings. The fourth-order valence-electron chi connectivity index (χ4n) is 6.96. The monoisotopic (exact) mass is 691 g/mol. The molecule has 0 aromatic heterocycles. The molecule has 0 atom stereocenters. The van der Waals surface area contributed by atoms with Crippen molar-refractivity contribution in [1.82, 2.24) is 0 Å². The lowest BCUT2D eigenvalue weighted by Crippen LogP contribution is -1.85. The van der Waals surface area contributed by atoms with Crippen molar-refractivity contribution in [3.05, 3.63) is 35.4 Å². The molecule has 0 amide bonds. The lowest BCUT2D eigenvalue weighted by atomic mass is 10.0. The molecular formula is C48H82O2. The maximum Gasteiger partial charge on any atom is 0.0431 e. The van der Waals surface area contributed by atoms with E-state index >= 15 is 0 Å². The van der Waals surface area contributed by atoms with Crippen molar-refractivity contribution in [2.24, 2.45) is 0 Å². The first-order valence-electron chi connectivity index (χ1n) is 22.2. The van der Waals surface area contributed by atoms with Crippen molar-refractivity contribution in [3.8, 4) is 23.7 Å². The van der Waals surface area contributed by atoms with Crippen molar-refractivity contribution >= 4 is 0 Å². The van der Waals surface area contributed by atoms with Gasteiger partial charge in [-0.05, 0) is 43.9 Å². The van der Waals surface area contributed by atoms with Gasteiger partial charge in [0.15, 0.2) is 0 Å². The van der Waals surface area contributed by atoms with Crippen LogP contribution in [0, 0.1) is 23.7 Å². The normalized spacial score (nSPS) is 10.9. The zero-order valence-electron chi connectivity index (χ0n) is 33.1. The molecule has 50 heavy (non-hydrogen) atoms. The number of aliphatic hydroxyl groups is 2. The molecule has 0 fully saturated rings. The first-order valence-corrected chi connectivity index (χ1v) is 22.2. The second kappa shape index (κ2) is 40.0. The van der Waals surface area contributed by atoms with Crippen LogP contribution in [0.2, 0.25) is 0 Å². The van der Waals surface area contributed by atoms with Gasteiger partial charge in [-0.1, -0.05) is 222 Å². The van der Waals surface area contributed by atoms with Crippen LogP contribution in [0.25, 0.3) is 0 Å². The third-order valence-electron chi connectivity index (χ3n) is 10.2. The van der Waals surface area contributed by atoms with E-state index in [0.717, 1.165) is 36.8 Å². The largest absolute Gasteiger partial charge is 0.396 e. The highest BCUT2D eigenvalue weighted by molar-refractivity contribution is 5.43. The topological polar surface area (TPSA) is 40.5 Å². The highest BCUT2D eigenvalue weighted by atomic mass is 16.3. The Morgan fingerprint density at radius 3 is 0.760 bits per heavy atom. The Morgan fingerprint density at radius 2 is 0.520 bits per heavy atom. The standard InChI is InChI=1S/C48H82O2/c49-44-37-33-29-25-21-17-13-9-5-1-3-7-11-15-19-23-27-31-35-40-47-42-39-43-48(46-47)41-36-32-28-24-20-16-12-8-4-2-6-10-14-18-22-26-30-34-38-45-50/h39,42-43,46,49-50H,1-34,37-38,44-45H2. The molecule has 0 spiro atoms. The Balaban J connectivity index is 1.89. The Kier molecular flexibility index (Phi) is 37.1. The van der Waals surface area contributed by atoms with Gasteiger partial charge in [0.25, 0.3) is 0 Å². The van der Waals surface area contributed by atoms with Gasteiger partial charge in [-0.25, -0.2) is 0 Å². The summed E-state index contributed by atoms with van der Waals surface area (Å²) in [6.45, 7) is 0.722. The first kappa shape index (κ1) is 46.3. The fraction of sp³-hybridized carbons (Fsp3) is 0.792. The van der Waals surface area contributed by atoms with Crippen LogP contribution in [0.15, 0.2) is 24.3 Å². The number of rotatable bonds is 36. The predicted molar refractivity (Wildman–Crippen MR) is 221 cm³/mol. The number of benzene rings is 1. The maximum absolute atomic E-state index is 8.82. The molecule has 2 N–H and O–H groups in total. The van der Waals surface area contributed by atoms with E-state index in [1.54, 1.807) is 0 Å². The molecule has 0 saturated carbocycles. The van der Waals surface area contributed by atoms with Crippen LogP contribution in [-0.2, 0) is 0 Å². The lowest BCUT2D eigenvalue weighted by Gasteiger charge is -2.03. The Hall–Kier alpha value is -1.74. The van der Waals surface area contributed by atoms with Crippen molar-refractivity contribution < 1.29 is 10.2 Å². The molecule has 2 heteroatoms. The molecule has 0 radical (unpaired) electrons. The smallest absolute Gasteiger partial charge is 0.0431 e. The maximum atomic E-state index is 8.82. The van der Waals surface area contributed by atoms with Gasteiger partial charge < -0.3 is 10.2 Å². The van der Waals surface area contributed by atoms with Crippen LogP contribution >= 0.6 is 0 Å². The summed E-state index contributed by atoms with van der Waals surface area (Å²) in [5, 5.41) is 17.6. The number of hydrogen-bond donors (Lipinski definition) is 2. The second-order valence-corrected chi connectivity index (χ2v) is 15.2. The van der Waals surface area contributed by atoms with E-state index < -0.39 is 0 Å². The summed E-state index contributed by atoms with van der Waals surface area (Å²) < 4.78 is 0. The lowest BCUT2D eigenvalue weighted by molar-refractivity contribution is 0.282. The predicted octanol–water partition coefficient (Wildman–Crippen LogP) is 14.4. The summed E-state index contributed by atoms with van der Waals surface area (Å²) >= 11 is 0. The average molecular weight is 691 g/mol. The van der Waals surface area contributed by atoms with Crippen molar-refractivity contribution in [1.29, 1.82) is 0 Å². The van der Waals surface area contributed by atoms with Crippen LogP contribution in [0.4, 0.5) is 0 Å². The Morgan fingerprint density at radius 1 is 0.300 bits per heavy atom. The molecule has 1 aromatic rings. The summed E-state index contributed by atoms with van der Waals surface area (Å²) in [6, 6.07) is 8.49. The van der Waals surface area contributed by atoms with Gasteiger partial charge in [-0.15, -0.1) is 0 Å². The van der Waals surface area contributed by atoms with Crippen LogP contribution in [0.3, 0.4) is 0 Å². The van der Waals surface area contributed by atoms with Crippen molar-refractivity contribution in [2.75, 3.05) is 13.2 Å². The minimum atomic E-state index is 0.361. The zero-order chi connectivity index (χ0) is 35.7. The number of unbranched alkanes of at least 4 members (excludes halogenated alkanes) is 34. The third kappa shape index (κ3) is 34.7. The minimum absolute atomic E-state index is 0.361. The summed E-state index contributed by atoms with van der Waals surface area (Å²) in [4.78, 5) is 0. The first-order chi connectivity index (χ1) is 24.9. The summed E-state index contributed by atoms with van der Waals surface area (Å²) in [5.41, 5.74) is 2.21. The third-order valence-corrected chi connectivity index (χ3v) is 10.2. The van der Waals surface area contributed by atoms with Gasteiger partial charge in [0.2, 0.25) is 0 Å². The quantitative estimate of drug-likeness (QED) is 0.0543. The van der Waals surface area contributed by atoms with Crippen LogP contribution < -0.4 is 0 Å². The second-order valence-electron chi connectivity index (χ2n) is 15.2. The SMILES string of the molecule is OCCCCCCCCCCCCCCCCCCCC#Cc1cccc(C#CCCCCCCCCCCCCCCCCCCCO)c1. The number of hydrogen-bond acceptors (Lipinski definition) is 2. The highest BCUT2D eigenvalue weighted by Gasteiger charge is 1.97. The van der Waals surface area contributed by atoms with Crippen molar-refractivity contribution in [2.45, 2.75) is 231 Å². The Labute approximate surface area is 312 Å². The minimum Gasteiger partial charge on any atom is -0.396 e. The molecule has 2 nitrogen and oxygen atoms in total. The molecule has 0 bridgehead atoms. The van der Waals surface area contributed by atoms with Gasteiger partial charge in [0.1, 0.15) is 0 Å². The Bertz CT molecular complexity index is 871. The van der Waals surface area contributed by atoms with E-state index in [0.29, 0.717) is 13.2 Å². The molecule has 0 aliphatic heterocycles. The molecule has 286 valence electrons. The molecular weight excluding hydrogens is 609 g/mol. The van der Waals surface area contributed by atoms with E-state index in [1.165, 1.54) is 205 Å². The summed E-state index contributed by atoms with van der Waals surface area (Å²) in [5.74, 6) is 13.5. The van der Waals surface area contributed by atoms with Crippen LogP contribution in [0.5, 0.6) is 0 Å². The van der Waals surface area contributed by atoms with E-state index in [2.05, 4.69) is 47.9 Å². The van der Waals surface area contributed by atoms with Gasteiger partial charge in [0, 0.05) is 37.2 Å². The molecule has 1 rings (SSSR count). The van der Waals surface area contributed by atoms with Gasteiger partial charge >= 0.3 is 0 Å². The molecule has 0 aliphatic carbocycles. The molecule has 0 unspecified atom stereocenters. The zero-order valence-corrected chi connectivity index (χ0v) is 33.1. The van der Waals surface area contributed by atoms with Gasteiger partial charge in [-0.3, -0.25) is 0 Å². The van der Waals surface area contributed by atoms with E-state index in [9.17, 15) is 0 Å². The molecule has 0 saturated heterocycles. The van der Waals surface area contributed by atoms with Crippen molar-refractivity contribution in [3.63, 3.8) is 0 Å². The average Bonchev–Trinajstić information content (AvgIpc) is 3.13. The molecule has 0 heterocycles. The fourth-order valence-corrected chi connectivity index (χ4v) is 6.96. The molecule has 1 aromatic carbocycles. The summed E-state index contributed by atoms with van der Waals surface area (Å²) in [7, 11) is 0. The van der Waals surface area contributed by atoms with Gasteiger partial charge in [0.05, 0.1) is 0 Å². The van der Waals surface area contributed by atoms with E-state index in [4.69, 9.17) is 10.2 Å². The van der Waals surface area contributed by atoms with E-state index in [1.807, 2.05) is 0 Å².